The number of carbonyl (C=O) groups is 3. The summed E-state index contributed by atoms with van der Waals surface area (Å²) in [5, 5.41) is 0. The van der Waals surface area contributed by atoms with Gasteiger partial charge >= 0.3 is 11.8 Å². The van der Waals surface area contributed by atoms with Crippen molar-refractivity contribution in [1.29, 1.82) is 0 Å². The van der Waals surface area contributed by atoms with Crippen LogP contribution in [0, 0.1) is 0 Å². The number of nitrogens with zero attached hydrogens (tertiary/aromatic N) is 3. The van der Waals surface area contributed by atoms with Gasteiger partial charge in [-0.2, -0.15) is 16.5 Å². The largest absolute Gasteiger partial charge is 0.338 e. The first kappa shape index (κ1) is 24.5. The molecule has 176 valence electrons. The van der Waals surface area contributed by atoms with Crippen LogP contribution in [-0.2, 0) is 24.4 Å². The summed E-state index contributed by atoms with van der Waals surface area (Å²) in [4.78, 5) is 42.8. The average Bonchev–Trinajstić information content (AvgIpc) is 3.36. The van der Waals surface area contributed by atoms with Gasteiger partial charge in [0, 0.05) is 39.3 Å². The molecule has 2 heterocycles. The molecule has 2 aliphatic heterocycles. The zero-order chi connectivity index (χ0) is 23.1. The summed E-state index contributed by atoms with van der Waals surface area (Å²) in [5.74, 6) is -0.689. The van der Waals surface area contributed by atoms with Crippen molar-refractivity contribution < 1.29 is 22.8 Å². The normalized spacial score (nSPS) is 18.0. The molecule has 0 aliphatic carbocycles. The van der Waals surface area contributed by atoms with Crippen LogP contribution in [0.3, 0.4) is 0 Å². The lowest BCUT2D eigenvalue weighted by Gasteiger charge is -2.36. The van der Waals surface area contributed by atoms with E-state index in [-0.39, 0.29) is 37.0 Å². The Bertz CT molecular complexity index is 911. The smallest absolute Gasteiger partial charge is 0.312 e. The van der Waals surface area contributed by atoms with Gasteiger partial charge in [0.05, 0.1) is 4.90 Å². The minimum Gasteiger partial charge on any atom is -0.338 e. The first-order valence-corrected chi connectivity index (χ1v) is 13.6. The fourth-order valence-electron chi connectivity index (χ4n) is 3.86. The molecule has 11 heteroatoms. The number of hydrogen-bond donors (Lipinski definition) is 1. The topological polar surface area (TPSA) is 107 Å². The van der Waals surface area contributed by atoms with Crippen molar-refractivity contribution in [3.63, 3.8) is 0 Å². The predicted octanol–water partition coefficient (Wildman–Crippen LogP) is 0.380. The quantitative estimate of drug-likeness (QED) is 0.563. The SMILES string of the molecule is CSCCC(NS(=O)(=O)c1ccccc1)C(=O)N1CCN(C(=O)C(=O)N2CCCC2)CC1. The zero-order valence-electron chi connectivity index (χ0n) is 18.2. The molecule has 32 heavy (non-hydrogen) atoms. The lowest BCUT2D eigenvalue weighted by molar-refractivity contribution is -0.153. The number of carbonyl (C=O) groups excluding carboxylic acids is 3. The maximum atomic E-state index is 13.1. The highest BCUT2D eigenvalue weighted by Gasteiger charge is 2.34. The van der Waals surface area contributed by atoms with Crippen LogP contribution in [0.25, 0.3) is 0 Å². The van der Waals surface area contributed by atoms with Crippen LogP contribution in [0.15, 0.2) is 35.2 Å². The van der Waals surface area contributed by atoms with Crippen molar-refractivity contribution >= 4 is 39.5 Å². The van der Waals surface area contributed by atoms with Crippen molar-refractivity contribution in [2.75, 3.05) is 51.3 Å². The summed E-state index contributed by atoms with van der Waals surface area (Å²) < 4.78 is 28.1. The molecule has 3 amide bonds. The number of nitrogens with one attached hydrogen (secondary N) is 1. The fourth-order valence-corrected chi connectivity index (χ4v) is 5.58. The third-order valence-electron chi connectivity index (χ3n) is 5.71. The minimum atomic E-state index is -3.84. The van der Waals surface area contributed by atoms with Gasteiger partial charge in [-0.3, -0.25) is 14.4 Å². The molecule has 9 nitrogen and oxygen atoms in total. The zero-order valence-corrected chi connectivity index (χ0v) is 19.9. The Morgan fingerprint density at radius 2 is 1.44 bits per heavy atom. The number of sulfonamides is 1. The Morgan fingerprint density at radius 3 is 2.00 bits per heavy atom. The summed E-state index contributed by atoms with van der Waals surface area (Å²) in [5.41, 5.74) is 0. The molecule has 2 aliphatic rings. The number of hydrogen-bond acceptors (Lipinski definition) is 6. The van der Waals surface area contributed by atoms with Crippen molar-refractivity contribution in [2.45, 2.75) is 30.2 Å². The summed E-state index contributed by atoms with van der Waals surface area (Å²) in [6.07, 6.45) is 4.09. The van der Waals surface area contributed by atoms with Crippen molar-refractivity contribution in [2.24, 2.45) is 0 Å². The first-order chi connectivity index (χ1) is 15.3. The van der Waals surface area contributed by atoms with Gasteiger partial charge in [0.2, 0.25) is 15.9 Å². The fraction of sp³-hybridized carbons (Fsp3) is 0.571. The van der Waals surface area contributed by atoms with E-state index >= 15 is 0 Å². The first-order valence-electron chi connectivity index (χ1n) is 10.8. The molecule has 1 atom stereocenters. The Hall–Kier alpha value is -2.11. The highest BCUT2D eigenvalue weighted by Crippen LogP contribution is 2.14. The molecule has 1 N–H and O–H groups in total. The van der Waals surface area contributed by atoms with E-state index in [1.807, 2.05) is 6.26 Å². The van der Waals surface area contributed by atoms with Gasteiger partial charge in [-0.1, -0.05) is 18.2 Å². The maximum absolute atomic E-state index is 13.1. The number of amides is 3. The Morgan fingerprint density at radius 1 is 0.906 bits per heavy atom. The van der Waals surface area contributed by atoms with Crippen LogP contribution in [0.1, 0.15) is 19.3 Å². The van der Waals surface area contributed by atoms with Crippen molar-refractivity contribution in [3.05, 3.63) is 30.3 Å². The third-order valence-corrected chi connectivity index (χ3v) is 7.85. The van der Waals surface area contributed by atoms with E-state index < -0.39 is 27.9 Å². The van der Waals surface area contributed by atoms with Crippen LogP contribution < -0.4 is 4.72 Å². The Kier molecular flexibility index (Phi) is 8.55. The van der Waals surface area contributed by atoms with Gasteiger partial charge in [-0.15, -0.1) is 0 Å². The highest BCUT2D eigenvalue weighted by molar-refractivity contribution is 7.98. The molecular weight excluding hydrogens is 452 g/mol. The summed E-state index contributed by atoms with van der Waals surface area (Å²) in [6.45, 7) is 2.26. The molecular formula is C21H30N4O5S2. The number of piperazine rings is 1. The molecule has 0 aromatic heterocycles. The molecule has 0 bridgehead atoms. The van der Waals surface area contributed by atoms with Gasteiger partial charge in [0.1, 0.15) is 6.04 Å². The molecule has 2 saturated heterocycles. The highest BCUT2D eigenvalue weighted by atomic mass is 32.2. The molecule has 1 aromatic carbocycles. The van der Waals surface area contributed by atoms with Crippen LogP contribution in [0.5, 0.6) is 0 Å². The lowest BCUT2D eigenvalue weighted by atomic mass is 10.2. The Balaban J connectivity index is 1.61. The van der Waals surface area contributed by atoms with Gasteiger partial charge in [0.25, 0.3) is 0 Å². The minimum absolute atomic E-state index is 0.109. The van der Waals surface area contributed by atoms with Crippen LogP contribution in [0.4, 0.5) is 0 Å². The number of thioether (sulfide) groups is 1. The van der Waals surface area contributed by atoms with Crippen LogP contribution in [0.2, 0.25) is 0 Å². The van der Waals surface area contributed by atoms with Crippen LogP contribution in [-0.4, -0.2) is 98.2 Å². The van der Waals surface area contributed by atoms with E-state index in [1.165, 1.54) is 28.8 Å². The van der Waals surface area contributed by atoms with Gasteiger partial charge in [-0.25, -0.2) is 8.42 Å². The predicted molar refractivity (Wildman–Crippen MR) is 123 cm³/mol. The third kappa shape index (κ3) is 6.02. The van der Waals surface area contributed by atoms with E-state index in [2.05, 4.69) is 4.72 Å². The summed E-state index contributed by atoms with van der Waals surface area (Å²) >= 11 is 1.53. The Labute approximate surface area is 193 Å². The van der Waals surface area contributed by atoms with E-state index in [1.54, 1.807) is 28.0 Å². The summed E-state index contributed by atoms with van der Waals surface area (Å²) in [6, 6.07) is 7.08. The molecule has 0 spiro atoms. The van der Waals surface area contributed by atoms with E-state index in [0.717, 1.165) is 12.8 Å². The van der Waals surface area contributed by atoms with Gasteiger partial charge in [-0.05, 0) is 43.4 Å². The van der Waals surface area contributed by atoms with Gasteiger partial charge in [0.15, 0.2) is 0 Å². The number of likely N-dealkylation sites (tertiary alicyclic amines) is 1. The second kappa shape index (κ2) is 11.2. The molecule has 0 saturated carbocycles. The standard InChI is InChI=1S/C21H30N4O5S2/c1-31-16-9-18(22-32(29,30)17-7-3-2-4-8-17)19(26)24-12-14-25(15-13-24)21(28)20(27)23-10-5-6-11-23/h2-4,7-8,18,22H,5-6,9-16H2,1H3. The molecule has 1 aromatic rings. The second-order valence-corrected chi connectivity index (χ2v) is 10.6. The van der Waals surface area contributed by atoms with Crippen molar-refractivity contribution in [3.8, 4) is 0 Å². The molecule has 3 rings (SSSR count). The monoisotopic (exact) mass is 482 g/mol. The lowest BCUT2D eigenvalue weighted by Crippen LogP contribution is -2.57. The number of rotatable bonds is 7. The molecule has 1 unspecified atom stereocenters. The van der Waals surface area contributed by atoms with E-state index in [4.69, 9.17) is 0 Å². The van der Waals surface area contributed by atoms with E-state index in [0.29, 0.717) is 25.3 Å². The van der Waals surface area contributed by atoms with E-state index in [9.17, 15) is 22.8 Å². The van der Waals surface area contributed by atoms with Crippen LogP contribution >= 0.6 is 11.8 Å². The molecule has 2 fully saturated rings. The average molecular weight is 483 g/mol. The van der Waals surface area contributed by atoms with Crippen molar-refractivity contribution in [1.82, 2.24) is 19.4 Å². The number of benzene rings is 1. The second-order valence-electron chi connectivity index (χ2n) is 7.89. The maximum Gasteiger partial charge on any atom is 0.312 e. The van der Waals surface area contributed by atoms with Gasteiger partial charge < -0.3 is 14.7 Å². The molecule has 0 radical (unpaired) electrons. The summed E-state index contributed by atoms with van der Waals surface area (Å²) in [7, 11) is -3.84.